The van der Waals surface area contributed by atoms with Crippen molar-refractivity contribution in [2.75, 3.05) is 5.32 Å². The van der Waals surface area contributed by atoms with Crippen molar-refractivity contribution in [2.45, 2.75) is 52.0 Å². The van der Waals surface area contributed by atoms with Crippen molar-refractivity contribution in [1.82, 2.24) is 15.0 Å². The van der Waals surface area contributed by atoms with Crippen LogP contribution in [-0.2, 0) is 0 Å². The number of hydrogen-bond donors (Lipinski definition) is 2. The summed E-state index contributed by atoms with van der Waals surface area (Å²) >= 11 is 0. The van der Waals surface area contributed by atoms with Gasteiger partial charge in [-0.3, -0.25) is 4.79 Å². The fraction of sp³-hybridized carbons (Fsp3) is 0.471. The van der Waals surface area contributed by atoms with Gasteiger partial charge in [0.05, 0.1) is 0 Å². The van der Waals surface area contributed by atoms with E-state index < -0.39 is 0 Å². The fourth-order valence-electron chi connectivity index (χ4n) is 2.86. The van der Waals surface area contributed by atoms with E-state index in [4.69, 9.17) is 0 Å². The van der Waals surface area contributed by atoms with Crippen LogP contribution in [0.5, 0.6) is 0 Å². The molecule has 0 amide bonds. The lowest BCUT2D eigenvalue weighted by Gasteiger charge is -2.23. The molecule has 0 unspecified atom stereocenters. The van der Waals surface area contributed by atoms with Gasteiger partial charge >= 0.3 is 0 Å². The molecule has 2 aromatic heterocycles. The smallest absolute Gasteiger partial charge is 0.254 e. The van der Waals surface area contributed by atoms with Crippen LogP contribution in [0.15, 0.2) is 23.1 Å². The van der Waals surface area contributed by atoms with E-state index in [1.165, 1.54) is 32.1 Å². The van der Waals surface area contributed by atoms with Gasteiger partial charge in [-0.25, -0.2) is 9.97 Å². The van der Waals surface area contributed by atoms with Crippen molar-refractivity contribution >= 4 is 5.82 Å². The van der Waals surface area contributed by atoms with Gasteiger partial charge in [0.25, 0.3) is 5.56 Å². The molecule has 116 valence electrons. The number of aryl methyl sites for hydroxylation is 1. The lowest BCUT2D eigenvalue weighted by molar-refractivity contribution is 0.462. The van der Waals surface area contributed by atoms with E-state index in [0.29, 0.717) is 17.4 Å². The quantitative estimate of drug-likeness (QED) is 0.913. The number of H-pyrrole nitrogens is 1. The fourth-order valence-corrected chi connectivity index (χ4v) is 2.86. The number of aromatic nitrogens is 3. The Morgan fingerprint density at radius 1 is 1.18 bits per heavy atom. The number of nitrogens with zero attached hydrogens (tertiary/aromatic N) is 2. The van der Waals surface area contributed by atoms with Crippen molar-refractivity contribution in [3.8, 4) is 11.4 Å². The van der Waals surface area contributed by atoms with Crippen molar-refractivity contribution in [3.05, 3.63) is 39.9 Å². The molecule has 1 fully saturated rings. The van der Waals surface area contributed by atoms with E-state index in [1.807, 2.05) is 19.1 Å². The molecule has 0 bridgehead atoms. The number of aromatic amines is 1. The first-order valence-corrected chi connectivity index (χ1v) is 7.94. The van der Waals surface area contributed by atoms with E-state index >= 15 is 0 Å². The number of nitrogens with one attached hydrogen (secondary N) is 2. The Morgan fingerprint density at radius 3 is 2.59 bits per heavy atom. The molecule has 1 aliphatic rings. The predicted octanol–water partition coefficient (Wildman–Crippen LogP) is 3.19. The van der Waals surface area contributed by atoms with Gasteiger partial charge in [-0.05, 0) is 38.8 Å². The lowest BCUT2D eigenvalue weighted by atomic mass is 9.95. The molecule has 2 aromatic rings. The van der Waals surface area contributed by atoms with Gasteiger partial charge in [0.15, 0.2) is 0 Å². The van der Waals surface area contributed by atoms with Crippen molar-refractivity contribution < 1.29 is 0 Å². The highest BCUT2D eigenvalue weighted by Crippen LogP contribution is 2.22. The standard InChI is InChI=1S/C17H22N4O/c1-11-12(2)19-16(21-17(11)22)13-8-9-15(18-10-13)20-14-6-4-3-5-7-14/h8-10,14H,3-7H2,1-2H3,(H,18,20)(H,19,21,22). The maximum absolute atomic E-state index is 11.8. The molecule has 0 atom stereocenters. The molecule has 0 saturated heterocycles. The maximum Gasteiger partial charge on any atom is 0.254 e. The largest absolute Gasteiger partial charge is 0.367 e. The van der Waals surface area contributed by atoms with Gasteiger partial charge in [-0.2, -0.15) is 0 Å². The number of anilines is 1. The molecule has 5 nitrogen and oxygen atoms in total. The minimum Gasteiger partial charge on any atom is -0.367 e. The van der Waals surface area contributed by atoms with Crippen LogP contribution >= 0.6 is 0 Å². The number of rotatable bonds is 3. The van der Waals surface area contributed by atoms with Gasteiger partial charge in [0.2, 0.25) is 0 Å². The SMILES string of the molecule is Cc1nc(-c2ccc(NC3CCCCC3)nc2)[nH]c(=O)c1C. The third kappa shape index (κ3) is 3.18. The average molecular weight is 298 g/mol. The second kappa shape index (κ2) is 6.30. The Hall–Kier alpha value is -2.17. The van der Waals surface area contributed by atoms with Crippen LogP contribution in [0.3, 0.4) is 0 Å². The zero-order valence-electron chi connectivity index (χ0n) is 13.1. The minimum atomic E-state index is -0.0908. The van der Waals surface area contributed by atoms with Crippen molar-refractivity contribution in [1.29, 1.82) is 0 Å². The van der Waals surface area contributed by atoms with Gasteiger partial charge in [-0.15, -0.1) is 0 Å². The first-order chi connectivity index (χ1) is 10.6. The molecule has 0 spiro atoms. The molecule has 1 saturated carbocycles. The summed E-state index contributed by atoms with van der Waals surface area (Å²) in [7, 11) is 0. The summed E-state index contributed by atoms with van der Waals surface area (Å²) < 4.78 is 0. The molecule has 2 N–H and O–H groups in total. The van der Waals surface area contributed by atoms with Gasteiger partial charge in [0.1, 0.15) is 11.6 Å². The number of pyridine rings is 1. The Bertz CT molecular complexity index is 700. The maximum atomic E-state index is 11.8. The zero-order chi connectivity index (χ0) is 15.5. The average Bonchev–Trinajstić information content (AvgIpc) is 2.54. The molecule has 0 aromatic carbocycles. The van der Waals surface area contributed by atoms with Gasteiger partial charge in [-0.1, -0.05) is 19.3 Å². The molecule has 22 heavy (non-hydrogen) atoms. The molecule has 5 heteroatoms. The van der Waals surface area contributed by atoms with Crippen LogP contribution < -0.4 is 10.9 Å². The summed E-state index contributed by atoms with van der Waals surface area (Å²) in [6.45, 7) is 3.63. The second-order valence-electron chi connectivity index (χ2n) is 6.04. The predicted molar refractivity (Wildman–Crippen MR) is 88.1 cm³/mol. The van der Waals surface area contributed by atoms with E-state index in [-0.39, 0.29) is 5.56 Å². The van der Waals surface area contributed by atoms with Crippen LogP contribution in [0, 0.1) is 13.8 Å². The first-order valence-electron chi connectivity index (χ1n) is 7.94. The Labute approximate surface area is 130 Å². The van der Waals surface area contributed by atoms with Gasteiger partial charge < -0.3 is 10.3 Å². The highest BCUT2D eigenvalue weighted by molar-refractivity contribution is 5.56. The van der Waals surface area contributed by atoms with Crippen molar-refractivity contribution in [3.63, 3.8) is 0 Å². The molecule has 0 aliphatic heterocycles. The van der Waals surface area contributed by atoms with Crippen molar-refractivity contribution in [2.24, 2.45) is 0 Å². The summed E-state index contributed by atoms with van der Waals surface area (Å²) in [5.74, 6) is 1.46. The molecular weight excluding hydrogens is 276 g/mol. The third-order valence-electron chi connectivity index (χ3n) is 4.39. The van der Waals surface area contributed by atoms with Crippen LogP contribution in [0.1, 0.15) is 43.4 Å². The summed E-state index contributed by atoms with van der Waals surface area (Å²) in [5, 5.41) is 3.49. The Morgan fingerprint density at radius 2 is 1.95 bits per heavy atom. The lowest BCUT2D eigenvalue weighted by Crippen LogP contribution is -2.22. The molecule has 3 rings (SSSR count). The molecule has 0 radical (unpaired) electrons. The topological polar surface area (TPSA) is 70.7 Å². The molecule has 1 aliphatic carbocycles. The highest BCUT2D eigenvalue weighted by Gasteiger charge is 2.13. The van der Waals surface area contributed by atoms with Crippen LogP contribution in [0.25, 0.3) is 11.4 Å². The summed E-state index contributed by atoms with van der Waals surface area (Å²) in [6, 6.07) is 4.44. The van der Waals surface area contributed by atoms with Crippen LogP contribution in [-0.4, -0.2) is 21.0 Å². The van der Waals surface area contributed by atoms with E-state index in [9.17, 15) is 4.79 Å². The van der Waals surface area contributed by atoms with E-state index in [0.717, 1.165) is 17.1 Å². The zero-order valence-corrected chi connectivity index (χ0v) is 13.1. The molecular formula is C17H22N4O. The summed E-state index contributed by atoms with van der Waals surface area (Å²) in [5.41, 5.74) is 2.15. The van der Waals surface area contributed by atoms with E-state index in [1.54, 1.807) is 13.1 Å². The monoisotopic (exact) mass is 298 g/mol. The van der Waals surface area contributed by atoms with Crippen LogP contribution in [0.4, 0.5) is 5.82 Å². The summed E-state index contributed by atoms with van der Waals surface area (Å²) in [4.78, 5) is 23.5. The number of hydrogen-bond acceptors (Lipinski definition) is 4. The Balaban J connectivity index is 1.77. The minimum absolute atomic E-state index is 0.0908. The summed E-state index contributed by atoms with van der Waals surface area (Å²) in [6.07, 6.45) is 8.13. The third-order valence-corrected chi connectivity index (χ3v) is 4.39. The highest BCUT2D eigenvalue weighted by atomic mass is 16.1. The first kappa shape index (κ1) is 14.8. The second-order valence-corrected chi connectivity index (χ2v) is 6.04. The van der Waals surface area contributed by atoms with E-state index in [2.05, 4.69) is 20.3 Å². The van der Waals surface area contributed by atoms with Gasteiger partial charge in [0, 0.05) is 29.1 Å². The van der Waals surface area contributed by atoms with Crippen LogP contribution in [0.2, 0.25) is 0 Å². The molecule has 2 heterocycles. The normalized spacial score (nSPS) is 15.7. The Kier molecular flexibility index (Phi) is 4.22.